The topological polar surface area (TPSA) is 35.2 Å². The molecule has 0 spiro atoms. The summed E-state index contributed by atoms with van der Waals surface area (Å²) >= 11 is 3.63. The Labute approximate surface area is 124 Å². The van der Waals surface area contributed by atoms with E-state index in [9.17, 15) is 0 Å². The van der Waals surface area contributed by atoms with Crippen LogP contribution in [0.4, 0.5) is 0 Å². The predicted molar refractivity (Wildman–Crippen MR) is 83.6 cm³/mol. The Morgan fingerprint density at radius 3 is 2.95 bits per heavy atom. The standard InChI is InChI=1S/C16H24BrNO/c1-3-12-5-4-8-16(18,10-12)11-13-9-14(19-2)6-7-15(13)17/h6-7,9,12H,3-5,8,10-11,18H2,1-2H3. The fourth-order valence-corrected chi connectivity index (χ4v) is 3.61. The van der Waals surface area contributed by atoms with Crippen LogP contribution in [0.5, 0.6) is 5.75 Å². The number of rotatable bonds is 4. The molecule has 1 aliphatic rings. The predicted octanol–water partition coefficient (Wildman–Crippen LogP) is 4.30. The summed E-state index contributed by atoms with van der Waals surface area (Å²) in [6, 6.07) is 6.14. The van der Waals surface area contributed by atoms with E-state index in [1.165, 1.54) is 24.8 Å². The maximum Gasteiger partial charge on any atom is 0.119 e. The van der Waals surface area contributed by atoms with Gasteiger partial charge in [0.15, 0.2) is 0 Å². The van der Waals surface area contributed by atoms with Crippen molar-refractivity contribution in [1.29, 1.82) is 0 Å². The summed E-state index contributed by atoms with van der Waals surface area (Å²) < 4.78 is 6.45. The van der Waals surface area contributed by atoms with Crippen molar-refractivity contribution in [3.63, 3.8) is 0 Å². The van der Waals surface area contributed by atoms with E-state index < -0.39 is 0 Å². The summed E-state index contributed by atoms with van der Waals surface area (Å²) in [6.45, 7) is 2.28. The molecule has 2 atom stereocenters. The molecule has 0 amide bonds. The first-order valence-corrected chi connectivity index (χ1v) is 7.97. The quantitative estimate of drug-likeness (QED) is 0.895. The summed E-state index contributed by atoms with van der Waals surface area (Å²) in [5.41, 5.74) is 7.87. The third kappa shape index (κ3) is 3.73. The van der Waals surface area contributed by atoms with E-state index >= 15 is 0 Å². The Bertz CT molecular complexity index is 435. The van der Waals surface area contributed by atoms with Gasteiger partial charge in [-0.3, -0.25) is 0 Å². The molecule has 106 valence electrons. The van der Waals surface area contributed by atoms with Crippen molar-refractivity contribution in [2.45, 2.75) is 51.0 Å². The van der Waals surface area contributed by atoms with E-state index in [2.05, 4.69) is 35.0 Å². The first-order valence-electron chi connectivity index (χ1n) is 7.17. The third-order valence-electron chi connectivity index (χ3n) is 4.35. The van der Waals surface area contributed by atoms with Crippen molar-refractivity contribution in [1.82, 2.24) is 0 Å². The zero-order valence-electron chi connectivity index (χ0n) is 11.9. The molecular weight excluding hydrogens is 302 g/mol. The van der Waals surface area contributed by atoms with Gasteiger partial charge in [-0.25, -0.2) is 0 Å². The van der Waals surface area contributed by atoms with Crippen LogP contribution in [0.1, 0.15) is 44.6 Å². The highest BCUT2D eigenvalue weighted by molar-refractivity contribution is 9.10. The maximum atomic E-state index is 6.66. The van der Waals surface area contributed by atoms with E-state index in [-0.39, 0.29) is 5.54 Å². The molecule has 1 aromatic carbocycles. The molecule has 19 heavy (non-hydrogen) atoms. The SMILES string of the molecule is CCC1CCCC(N)(Cc2cc(OC)ccc2Br)C1. The van der Waals surface area contributed by atoms with Crippen LogP contribution < -0.4 is 10.5 Å². The lowest BCUT2D eigenvalue weighted by atomic mass is 9.72. The summed E-state index contributed by atoms with van der Waals surface area (Å²) in [5.74, 6) is 1.70. The normalized spacial score (nSPS) is 27.3. The molecule has 2 nitrogen and oxygen atoms in total. The second-order valence-corrected chi connectivity index (χ2v) is 6.72. The second-order valence-electron chi connectivity index (χ2n) is 5.87. The van der Waals surface area contributed by atoms with E-state index in [1.54, 1.807) is 7.11 Å². The van der Waals surface area contributed by atoms with E-state index in [4.69, 9.17) is 10.5 Å². The highest BCUT2D eigenvalue weighted by atomic mass is 79.9. The van der Waals surface area contributed by atoms with Crippen LogP contribution in [-0.4, -0.2) is 12.6 Å². The van der Waals surface area contributed by atoms with Crippen molar-refractivity contribution in [3.05, 3.63) is 28.2 Å². The van der Waals surface area contributed by atoms with E-state index in [0.717, 1.165) is 35.4 Å². The van der Waals surface area contributed by atoms with Gasteiger partial charge in [-0.05, 0) is 48.9 Å². The molecular formula is C16H24BrNO. The van der Waals surface area contributed by atoms with E-state index in [1.807, 2.05) is 6.07 Å². The van der Waals surface area contributed by atoms with Crippen molar-refractivity contribution < 1.29 is 4.74 Å². The van der Waals surface area contributed by atoms with Gasteiger partial charge in [0.25, 0.3) is 0 Å². The summed E-state index contributed by atoms with van der Waals surface area (Å²) in [6.07, 6.45) is 7.06. The Kier molecular flexibility index (Phi) is 4.91. The average Bonchev–Trinajstić information content (AvgIpc) is 2.41. The largest absolute Gasteiger partial charge is 0.497 e. The highest BCUT2D eigenvalue weighted by Gasteiger charge is 2.32. The minimum Gasteiger partial charge on any atom is -0.497 e. The van der Waals surface area contributed by atoms with Crippen LogP contribution in [0.25, 0.3) is 0 Å². The lowest BCUT2D eigenvalue weighted by Crippen LogP contribution is -2.46. The van der Waals surface area contributed by atoms with Gasteiger partial charge in [-0.1, -0.05) is 42.1 Å². The molecule has 0 bridgehead atoms. The van der Waals surface area contributed by atoms with Gasteiger partial charge >= 0.3 is 0 Å². The first kappa shape index (κ1) is 14.9. The molecule has 1 saturated carbocycles. The maximum absolute atomic E-state index is 6.66. The van der Waals surface area contributed by atoms with Crippen LogP contribution in [0.2, 0.25) is 0 Å². The number of benzene rings is 1. The molecule has 2 rings (SSSR count). The van der Waals surface area contributed by atoms with Crippen LogP contribution in [0.3, 0.4) is 0 Å². The molecule has 1 aromatic rings. The first-order chi connectivity index (χ1) is 9.06. The lowest BCUT2D eigenvalue weighted by Gasteiger charge is -2.38. The van der Waals surface area contributed by atoms with Crippen molar-refractivity contribution in [3.8, 4) is 5.75 Å². The molecule has 1 aliphatic carbocycles. The van der Waals surface area contributed by atoms with Gasteiger partial charge in [-0.2, -0.15) is 0 Å². The number of hydrogen-bond acceptors (Lipinski definition) is 2. The molecule has 0 saturated heterocycles. The Morgan fingerprint density at radius 2 is 2.26 bits per heavy atom. The Morgan fingerprint density at radius 1 is 1.47 bits per heavy atom. The molecule has 2 N–H and O–H groups in total. The number of nitrogens with two attached hydrogens (primary N) is 1. The summed E-state index contributed by atoms with van der Waals surface area (Å²) in [7, 11) is 1.71. The fraction of sp³-hybridized carbons (Fsp3) is 0.625. The van der Waals surface area contributed by atoms with Crippen molar-refractivity contribution in [2.24, 2.45) is 11.7 Å². The van der Waals surface area contributed by atoms with E-state index in [0.29, 0.717) is 0 Å². The Hall–Kier alpha value is -0.540. The molecule has 0 aliphatic heterocycles. The highest BCUT2D eigenvalue weighted by Crippen LogP contribution is 2.36. The molecule has 1 fully saturated rings. The van der Waals surface area contributed by atoms with Gasteiger partial charge in [0.2, 0.25) is 0 Å². The second kappa shape index (κ2) is 6.27. The van der Waals surface area contributed by atoms with Crippen LogP contribution in [0.15, 0.2) is 22.7 Å². The molecule has 0 heterocycles. The minimum absolute atomic E-state index is 0.0478. The number of methoxy groups -OCH3 is 1. The molecule has 2 unspecified atom stereocenters. The molecule has 0 aromatic heterocycles. The number of ether oxygens (including phenoxy) is 1. The molecule has 3 heteroatoms. The molecule has 0 radical (unpaired) electrons. The van der Waals surface area contributed by atoms with Crippen LogP contribution in [-0.2, 0) is 6.42 Å². The zero-order chi connectivity index (χ0) is 13.9. The van der Waals surface area contributed by atoms with Crippen molar-refractivity contribution >= 4 is 15.9 Å². The minimum atomic E-state index is -0.0478. The van der Waals surface area contributed by atoms with Gasteiger partial charge in [-0.15, -0.1) is 0 Å². The van der Waals surface area contributed by atoms with Gasteiger partial charge in [0.05, 0.1) is 7.11 Å². The van der Waals surface area contributed by atoms with Gasteiger partial charge < -0.3 is 10.5 Å². The Balaban J connectivity index is 2.15. The number of hydrogen-bond donors (Lipinski definition) is 1. The van der Waals surface area contributed by atoms with Crippen molar-refractivity contribution in [2.75, 3.05) is 7.11 Å². The zero-order valence-corrected chi connectivity index (χ0v) is 13.5. The summed E-state index contributed by atoms with van der Waals surface area (Å²) in [5, 5.41) is 0. The van der Waals surface area contributed by atoms with Crippen LogP contribution in [0, 0.1) is 5.92 Å². The van der Waals surface area contributed by atoms with Gasteiger partial charge in [0, 0.05) is 10.0 Å². The number of halogens is 1. The average molecular weight is 326 g/mol. The monoisotopic (exact) mass is 325 g/mol. The summed E-state index contributed by atoms with van der Waals surface area (Å²) in [4.78, 5) is 0. The third-order valence-corrected chi connectivity index (χ3v) is 5.13. The van der Waals surface area contributed by atoms with Crippen LogP contribution >= 0.6 is 15.9 Å². The lowest BCUT2D eigenvalue weighted by molar-refractivity contribution is 0.218. The fourth-order valence-electron chi connectivity index (χ4n) is 3.22. The smallest absolute Gasteiger partial charge is 0.119 e. The van der Waals surface area contributed by atoms with Gasteiger partial charge in [0.1, 0.15) is 5.75 Å².